The largest absolute Gasteiger partial charge is 0.300 e. The molecule has 2 fully saturated rings. The van der Waals surface area contributed by atoms with E-state index in [0.717, 1.165) is 12.0 Å². The molecule has 0 aromatic heterocycles. The number of nitrogens with zero attached hydrogens (tertiary/aromatic N) is 1. The van der Waals surface area contributed by atoms with E-state index in [1.807, 2.05) is 0 Å². The second-order valence-corrected chi connectivity index (χ2v) is 3.42. The maximum atomic E-state index is 2.63. The second kappa shape index (κ2) is 1.98. The number of hydrogen-bond donors (Lipinski definition) is 0. The first-order valence-electron chi connectivity index (χ1n) is 4.14. The van der Waals surface area contributed by atoms with Gasteiger partial charge in [-0.1, -0.05) is 6.92 Å². The lowest BCUT2D eigenvalue weighted by Gasteiger charge is -2.24. The minimum atomic E-state index is 0.986. The first-order chi connectivity index (χ1) is 4.40. The van der Waals surface area contributed by atoms with Crippen molar-refractivity contribution >= 4 is 0 Å². The molecule has 1 saturated heterocycles. The van der Waals surface area contributed by atoms with Crippen LogP contribution in [0.3, 0.4) is 0 Å². The molecule has 0 N–H and O–H groups in total. The Balaban J connectivity index is 2.01. The molecular weight excluding hydrogens is 110 g/mol. The predicted octanol–water partition coefficient (Wildman–Crippen LogP) is 1.49. The number of fused-ring (bicyclic) bond motifs is 2. The van der Waals surface area contributed by atoms with Crippen molar-refractivity contribution in [1.82, 2.24) is 4.90 Å². The van der Waals surface area contributed by atoms with Crippen molar-refractivity contribution in [3.8, 4) is 0 Å². The van der Waals surface area contributed by atoms with Crippen LogP contribution in [0.15, 0.2) is 0 Å². The van der Waals surface area contributed by atoms with Gasteiger partial charge in [0.2, 0.25) is 0 Å². The normalized spacial score (nSPS) is 42.3. The quantitative estimate of drug-likeness (QED) is 0.513. The van der Waals surface area contributed by atoms with E-state index < -0.39 is 0 Å². The molecule has 0 unspecified atom stereocenters. The molecule has 1 heteroatoms. The molecule has 2 aliphatic rings. The Kier molecular flexibility index (Phi) is 1.26. The third-order valence-corrected chi connectivity index (χ3v) is 2.93. The summed E-state index contributed by atoms with van der Waals surface area (Å²) in [5.74, 6) is 1.08. The van der Waals surface area contributed by atoms with E-state index in [0.29, 0.717) is 0 Å². The zero-order chi connectivity index (χ0) is 6.27. The summed E-state index contributed by atoms with van der Waals surface area (Å²) in [7, 11) is 0. The van der Waals surface area contributed by atoms with Gasteiger partial charge in [0.1, 0.15) is 0 Å². The van der Waals surface area contributed by atoms with Gasteiger partial charge in [-0.3, -0.25) is 0 Å². The summed E-state index contributed by atoms with van der Waals surface area (Å²) in [5.41, 5.74) is 0. The first-order valence-corrected chi connectivity index (χ1v) is 4.14. The fourth-order valence-electron chi connectivity index (χ4n) is 2.41. The summed E-state index contributed by atoms with van der Waals surface area (Å²) in [6.07, 6.45) is 4.51. The van der Waals surface area contributed by atoms with Gasteiger partial charge in [0.25, 0.3) is 0 Å². The van der Waals surface area contributed by atoms with Crippen molar-refractivity contribution in [3.05, 3.63) is 0 Å². The molecule has 0 aromatic rings. The van der Waals surface area contributed by atoms with E-state index in [9.17, 15) is 0 Å². The van der Waals surface area contributed by atoms with Gasteiger partial charge in [-0.15, -0.1) is 0 Å². The summed E-state index contributed by atoms with van der Waals surface area (Å²) < 4.78 is 0. The van der Waals surface area contributed by atoms with E-state index in [4.69, 9.17) is 0 Å². The molecule has 0 spiro atoms. The molecule has 1 aliphatic heterocycles. The molecular formula is C8H15N. The highest BCUT2D eigenvalue weighted by atomic mass is 15.2. The molecule has 2 atom stereocenters. The van der Waals surface area contributed by atoms with Crippen molar-refractivity contribution < 1.29 is 0 Å². The van der Waals surface area contributed by atoms with E-state index >= 15 is 0 Å². The third-order valence-electron chi connectivity index (χ3n) is 2.93. The van der Waals surface area contributed by atoms with Gasteiger partial charge in [0.15, 0.2) is 0 Å². The van der Waals surface area contributed by atoms with Gasteiger partial charge in [-0.05, 0) is 31.7 Å². The van der Waals surface area contributed by atoms with Gasteiger partial charge < -0.3 is 4.90 Å². The van der Waals surface area contributed by atoms with Crippen molar-refractivity contribution in [1.29, 1.82) is 0 Å². The lowest BCUT2D eigenvalue weighted by molar-refractivity contribution is 0.225. The molecule has 0 aromatic carbocycles. The Morgan fingerprint density at radius 3 is 2.67 bits per heavy atom. The fourth-order valence-corrected chi connectivity index (χ4v) is 2.41. The zero-order valence-corrected chi connectivity index (χ0v) is 6.14. The highest BCUT2D eigenvalue weighted by Crippen LogP contribution is 2.36. The van der Waals surface area contributed by atoms with Crippen LogP contribution in [0.25, 0.3) is 0 Å². The molecule has 1 aliphatic carbocycles. The topological polar surface area (TPSA) is 3.24 Å². The second-order valence-electron chi connectivity index (χ2n) is 3.42. The molecule has 1 nitrogen and oxygen atoms in total. The van der Waals surface area contributed by atoms with E-state index in [1.165, 1.54) is 32.4 Å². The van der Waals surface area contributed by atoms with Crippen LogP contribution in [0.4, 0.5) is 0 Å². The highest BCUT2D eigenvalue weighted by molar-refractivity contribution is 4.91. The van der Waals surface area contributed by atoms with Crippen LogP contribution in [0.1, 0.15) is 26.2 Å². The van der Waals surface area contributed by atoms with Crippen LogP contribution < -0.4 is 0 Å². The number of piperidine rings is 1. The van der Waals surface area contributed by atoms with E-state index in [1.54, 1.807) is 0 Å². The molecule has 0 radical (unpaired) electrons. The molecule has 1 saturated carbocycles. The van der Waals surface area contributed by atoms with Crippen LogP contribution in [0.5, 0.6) is 0 Å². The third kappa shape index (κ3) is 0.787. The SMILES string of the molecule is CCN1C[C@@H]2CC[C@@H]1C2. The molecule has 52 valence electrons. The summed E-state index contributed by atoms with van der Waals surface area (Å²) in [4.78, 5) is 2.63. The molecule has 9 heavy (non-hydrogen) atoms. The van der Waals surface area contributed by atoms with Gasteiger partial charge in [0.05, 0.1) is 0 Å². The van der Waals surface area contributed by atoms with Gasteiger partial charge in [-0.25, -0.2) is 0 Å². The zero-order valence-electron chi connectivity index (χ0n) is 6.14. The molecule has 1 heterocycles. The number of likely N-dealkylation sites (tertiary alicyclic amines) is 1. The maximum Gasteiger partial charge on any atom is 0.00984 e. The standard InChI is InChI=1S/C8H15N/c1-2-9-6-7-3-4-8(9)5-7/h7-8H,2-6H2,1H3/t7-,8-/m1/s1. The monoisotopic (exact) mass is 125 g/mol. The minimum Gasteiger partial charge on any atom is -0.300 e. The average Bonchev–Trinajstić information content (AvgIpc) is 2.45. The van der Waals surface area contributed by atoms with Crippen molar-refractivity contribution in [2.45, 2.75) is 32.2 Å². The Morgan fingerprint density at radius 2 is 2.33 bits per heavy atom. The van der Waals surface area contributed by atoms with E-state index in [-0.39, 0.29) is 0 Å². The summed E-state index contributed by atoms with van der Waals surface area (Å²) in [6, 6.07) is 0.986. The Hall–Kier alpha value is -0.0400. The van der Waals surface area contributed by atoms with Crippen LogP contribution in [-0.4, -0.2) is 24.0 Å². The Morgan fingerprint density at radius 1 is 1.44 bits per heavy atom. The van der Waals surface area contributed by atoms with Crippen molar-refractivity contribution in [3.63, 3.8) is 0 Å². The van der Waals surface area contributed by atoms with Gasteiger partial charge >= 0.3 is 0 Å². The summed E-state index contributed by atoms with van der Waals surface area (Å²) in [5, 5.41) is 0. The fraction of sp³-hybridized carbons (Fsp3) is 1.00. The lowest BCUT2D eigenvalue weighted by Crippen LogP contribution is -2.31. The van der Waals surface area contributed by atoms with Crippen LogP contribution >= 0.6 is 0 Å². The number of hydrogen-bond acceptors (Lipinski definition) is 1. The highest BCUT2D eigenvalue weighted by Gasteiger charge is 2.36. The maximum absolute atomic E-state index is 2.63. The first kappa shape index (κ1) is 5.72. The summed E-state index contributed by atoms with van der Waals surface area (Å²) in [6.45, 7) is 4.96. The number of rotatable bonds is 1. The van der Waals surface area contributed by atoms with Crippen LogP contribution in [0, 0.1) is 5.92 Å². The van der Waals surface area contributed by atoms with Crippen molar-refractivity contribution in [2.75, 3.05) is 13.1 Å². The van der Waals surface area contributed by atoms with Gasteiger partial charge in [0, 0.05) is 12.6 Å². The summed E-state index contributed by atoms with van der Waals surface area (Å²) >= 11 is 0. The molecule has 2 bridgehead atoms. The van der Waals surface area contributed by atoms with E-state index in [2.05, 4.69) is 11.8 Å². The van der Waals surface area contributed by atoms with Crippen LogP contribution in [0.2, 0.25) is 0 Å². The Bertz CT molecular complexity index is 111. The average molecular weight is 125 g/mol. The minimum absolute atomic E-state index is 0.986. The smallest absolute Gasteiger partial charge is 0.00984 e. The molecule has 0 amide bonds. The van der Waals surface area contributed by atoms with Crippen molar-refractivity contribution in [2.24, 2.45) is 5.92 Å². The van der Waals surface area contributed by atoms with Crippen LogP contribution in [-0.2, 0) is 0 Å². The Labute approximate surface area is 57.0 Å². The van der Waals surface area contributed by atoms with Gasteiger partial charge in [-0.2, -0.15) is 0 Å². The lowest BCUT2D eigenvalue weighted by atomic mass is 10.1. The molecule has 2 rings (SSSR count). The predicted molar refractivity (Wildman–Crippen MR) is 38.4 cm³/mol.